The van der Waals surface area contributed by atoms with E-state index in [9.17, 15) is 0 Å². The first-order valence-corrected chi connectivity index (χ1v) is 11.5. The van der Waals surface area contributed by atoms with Gasteiger partial charge in [-0.15, -0.1) is 0 Å². The van der Waals surface area contributed by atoms with E-state index in [0.29, 0.717) is 0 Å². The lowest BCUT2D eigenvalue weighted by atomic mass is 9.67. The Bertz CT molecular complexity index is 1380. The van der Waals surface area contributed by atoms with Crippen molar-refractivity contribution in [1.29, 1.82) is 0 Å². The summed E-state index contributed by atoms with van der Waals surface area (Å²) in [7, 11) is 0. The van der Waals surface area contributed by atoms with Crippen molar-refractivity contribution in [2.75, 3.05) is 0 Å². The van der Waals surface area contributed by atoms with Crippen LogP contribution in [0, 0.1) is 0 Å². The fourth-order valence-corrected chi connectivity index (χ4v) is 5.40. The van der Waals surface area contributed by atoms with Gasteiger partial charge in [0.1, 0.15) is 0 Å². The first-order chi connectivity index (χ1) is 16.4. The van der Waals surface area contributed by atoms with Crippen LogP contribution < -0.4 is 0 Å². The predicted molar refractivity (Wildman–Crippen MR) is 139 cm³/mol. The predicted octanol–water partition coefficient (Wildman–Crippen LogP) is 8.00. The quantitative estimate of drug-likeness (QED) is 0.315. The van der Waals surface area contributed by atoms with E-state index in [1.807, 2.05) is 0 Å². The van der Waals surface area contributed by atoms with Crippen LogP contribution in [0.25, 0.3) is 11.1 Å². The minimum Gasteiger partial charge on any atom is -0.0622 e. The molecule has 4 aromatic rings. The smallest absolute Gasteiger partial charge is 0.0622 e. The first-order valence-electron chi connectivity index (χ1n) is 11.5. The Morgan fingerprint density at radius 2 is 1.06 bits per heavy atom. The summed E-state index contributed by atoms with van der Waals surface area (Å²) in [6, 6.07) is 41.3. The van der Waals surface area contributed by atoms with Gasteiger partial charge in [-0.2, -0.15) is 0 Å². The Balaban J connectivity index is 1.66. The number of rotatable bonds is 3. The lowest BCUT2D eigenvalue weighted by Crippen LogP contribution is -2.28. The maximum absolute atomic E-state index is 2.32. The molecule has 0 heteroatoms. The van der Waals surface area contributed by atoms with Gasteiger partial charge in [-0.05, 0) is 44.5 Å². The molecule has 0 nitrogen and oxygen atoms in total. The lowest BCUT2D eigenvalue weighted by molar-refractivity contribution is 0.769. The molecule has 0 aliphatic heterocycles. The maximum Gasteiger partial charge on any atom is 0.0713 e. The third kappa shape index (κ3) is 3.07. The third-order valence-corrected chi connectivity index (χ3v) is 6.80. The molecule has 0 unspecified atom stereocenters. The molecule has 6 rings (SSSR count). The summed E-state index contributed by atoms with van der Waals surface area (Å²) in [5.41, 5.74) is 9.92. The van der Waals surface area contributed by atoms with Crippen LogP contribution in [0.1, 0.15) is 27.8 Å². The van der Waals surface area contributed by atoms with Gasteiger partial charge in [-0.25, -0.2) is 0 Å². The molecule has 0 radical (unpaired) electrons. The van der Waals surface area contributed by atoms with Crippen LogP contribution in [0.5, 0.6) is 0 Å². The van der Waals surface area contributed by atoms with Crippen molar-refractivity contribution in [3.63, 3.8) is 0 Å². The number of hydrogen-bond donors (Lipinski definition) is 0. The highest BCUT2D eigenvalue weighted by Gasteiger charge is 2.47. The third-order valence-electron chi connectivity index (χ3n) is 6.80. The minimum absolute atomic E-state index is 0.354. The summed E-state index contributed by atoms with van der Waals surface area (Å²) in [4.78, 5) is 0. The SMILES string of the molecule is C1=CC(c2ccccc2)=CC=C2C(=C1)C(c1ccccc1)(c1ccccc1)c1ccccc12. The van der Waals surface area contributed by atoms with Gasteiger partial charge in [0.15, 0.2) is 0 Å². The van der Waals surface area contributed by atoms with E-state index in [4.69, 9.17) is 0 Å². The zero-order chi connectivity index (χ0) is 22.1. The van der Waals surface area contributed by atoms with E-state index in [0.717, 1.165) is 0 Å². The second kappa shape index (κ2) is 8.07. The van der Waals surface area contributed by atoms with Crippen LogP contribution in [0.15, 0.2) is 151 Å². The van der Waals surface area contributed by atoms with Crippen molar-refractivity contribution < 1.29 is 0 Å². The zero-order valence-corrected chi connectivity index (χ0v) is 18.4. The summed E-state index contributed by atoms with van der Waals surface area (Å²) in [5, 5.41) is 0. The summed E-state index contributed by atoms with van der Waals surface area (Å²) in [6.45, 7) is 0. The van der Waals surface area contributed by atoms with Crippen molar-refractivity contribution in [2.45, 2.75) is 5.41 Å². The lowest BCUT2D eigenvalue weighted by Gasteiger charge is -2.34. The molecule has 0 heterocycles. The molecule has 0 aromatic heterocycles. The van der Waals surface area contributed by atoms with Gasteiger partial charge in [0.05, 0.1) is 5.41 Å². The van der Waals surface area contributed by atoms with Crippen molar-refractivity contribution in [2.24, 2.45) is 0 Å². The van der Waals surface area contributed by atoms with Gasteiger partial charge in [0.25, 0.3) is 0 Å². The monoisotopic (exact) mass is 420 g/mol. The maximum atomic E-state index is 2.32. The molecule has 2 aliphatic rings. The zero-order valence-electron chi connectivity index (χ0n) is 18.4. The molecule has 0 N–H and O–H groups in total. The van der Waals surface area contributed by atoms with Gasteiger partial charge < -0.3 is 0 Å². The van der Waals surface area contributed by atoms with Crippen molar-refractivity contribution in [3.8, 4) is 0 Å². The van der Waals surface area contributed by atoms with Crippen LogP contribution in [-0.4, -0.2) is 0 Å². The number of allylic oxidation sites excluding steroid dienone is 8. The highest BCUT2D eigenvalue weighted by atomic mass is 14.5. The van der Waals surface area contributed by atoms with E-state index in [1.54, 1.807) is 0 Å². The van der Waals surface area contributed by atoms with Gasteiger partial charge in [0.2, 0.25) is 0 Å². The Kier molecular flexibility index (Phi) is 4.78. The number of fused-ring (bicyclic) bond motifs is 3. The molecule has 0 bridgehead atoms. The molecule has 0 fully saturated rings. The van der Waals surface area contributed by atoms with Crippen molar-refractivity contribution in [3.05, 3.63) is 179 Å². The van der Waals surface area contributed by atoms with Crippen LogP contribution in [0.2, 0.25) is 0 Å². The van der Waals surface area contributed by atoms with Crippen LogP contribution >= 0.6 is 0 Å². The number of benzene rings is 4. The fourth-order valence-electron chi connectivity index (χ4n) is 5.40. The standard InChI is InChI=1S/C33H24/c1-4-13-25(14-5-1)26-15-12-22-32-30(24-23-26)29-20-10-11-21-31(29)33(32,27-16-6-2-7-17-27)28-18-8-3-9-19-28/h1-24H. The van der Waals surface area contributed by atoms with E-state index < -0.39 is 0 Å². The van der Waals surface area contributed by atoms with E-state index in [2.05, 4.69) is 146 Å². The summed E-state index contributed by atoms with van der Waals surface area (Å²) in [6.07, 6.45) is 11.3. The molecule has 2 aliphatic carbocycles. The molecular formula is C33H24. The topological polar surface area (TPSA) is 0 Å². The number of hydrogen-bond acceptors (Lipinski definition) is 0. The van der Waals surface area contributed by atoms with Gasteiger partial charge in [-0.3, -0.25) is 0 Å². The van der Waals surface area contributed by atoms with Gasteiger partial charge in [-0.1, -0.05) is 146 Å². The molecule has 33 heavy (non-hydrogen) atoms. The van der Waals surface area contributed by atoms with E-state index >= 15 is 0 Å². The van der Waals surface area contributed by atoms with Crippen molar-refractivity contribution in [1.82, 2.24) is 0 Å². The Morgan fingerprint density at radius 1 is 0.485 bits per heavy atom. The summed E-state index contributed by atoms with van der Waals surface area (Å²) < 4.78 is 0. The van der Waals surface area contributed by atoms with Gasteiger partial charge in [0, 0.05) is 0 Å². The summed E-state index contributed by atoms with van der Waals surface area (Å²) >= 11 is 0. The van der Waals surface area contributed by atoms with E-state index in [1.165, 1.54) is 44.5 Å². The van der Waals surface area contributed by atoms with Crippen molar-refractivity contribution >= 4 is 11.1 Å². The molecule has 0 spiro atoms. The highest BCUT2D eigenvalue weighted by Crippen LogP contribution is 2.57. The summed E-state index contributed by atoms with van der Waals surface area (Å²) in [5.74, 6) is 0. The highest BCUT2D eigenvalue weighted by molar-refractivity contribution is 5.96. The Hall–Kier alpha value is -4.16. The molecular weight excluding hydrogens is 396 g/mol. The van der Waals surface area contributed by atoms with E-state index in [-0.39, 0.29) is 5.41 Å². The molecule has 0 atom stereocenters. The molecule has 0 saturated carbocycles. The Morgan fingerprint density at radius 3 is 1.73 bits per heavy atom. The average molecular weight is 421 g/mol. The second-order valence-corrected chi connectivity index (χ2v) is 8.54. The molecule has 0 saturated heterocycles. The minimum atomic E-state index is -0.354. The normalized spacial score (nSPS) is 15.9. The largest absolute Gasteiger partial charge is 0.0713 e. The molecule has 0 amide bonds. The van der Waals surface area contributed by atoms with Crippen LogP contribution in [0.4, 0.5) is 0 Å². The molecule has 4 aromatic carbocycles. The van der Waals surface area contributed by atoms with Crippen LogP contribution in [0.3, 0.4) is 0 Å². The first kappa shape index (κ1) is 19.5. The second-order valence-electron chi connectivity index (χ2n) is 8.54. The molecule has 156 valence electrons. The Labute approximate surface area is 195 Å². The fraction of sp³-hybridized carbons (Fsp3) is 0.0303. The average Bonchev–Trinajstić information content (AvgIpc) is 3.15. The van der Waals surface area contributed by atoms with Crippen LogP contribution in [-0.2, 0) is 5.41 Å². The van der Waals surface area contributed by atoms with Gasteiger partial charge >= 0.3 is 0 Å².